The molecule has 1 aliphatic rings. The Labute approximate surface area is 134 Å². The predicted octanol–water partition coefficient (Wildman–Crippen LogP) is 3.92. The van der Waals surface area contributed by atoms with E-state index in [0.717, 1.165) is 11.1 Å². The van der Waals surface area contributed by atoms with Crippen LogP contribution in [0.2, 0.25) is 0 Å². The van der Waals surface area contributed by atoms with Gasteiger partial charge >= 0.3 is 6.18 Å². The number of amides is 1. The van der Waals surface area contributed by atoms with Crippen LogP contribution in [0.15, 0.2) is 18.2 Å². The van der Waals surface area contributed by atoms with Crippen molar-refractivity contribution in [2.75, 3.05) is 6.61 Å². The lowest BCUT2D eigenvalue weighted by Crippen LogP contribution is -2.43. The molecule has 1 aromatic rings. The number of carbonyl (C=O) groups excluding carboxylic acids is 1. The monoisotopic (exact) mass is 329 g/mol. The number of hydrogen-bond acceptors (Lipinski definition) is 2. The van der Waals surface area contributed by atoms with Crippen molar-refractivity contribution in [3.8, 4) is 5.75 Å². The summed E-state index contributed by atoms with van der Waals surface area (Å²) in [6.07, 6.45) is -3.01. The Balaban J connectivity index is 1.84. The number of benzene rings is 1. The van der Waals surface area contributed by atoms with E-state index in [1.807, 2.05) is 26.0 Å². The van der Waals surface area contributed by atoms with Gasteiger partial charge in [0.1, 0.15) is 5.75 Å². The van der Waals surface area contributed by atoms with E-state index in [-0.39, 0.29) is 25.4 Å². The van der Waals surface area contributed by atoms with E-state index in [9.17, 15) is 18.0 Å². The summed E-state index contributed by atoms with van der Waals surface area (Å²) in [6.45, 7) is 3.66. The molecule has 0 saturated heterocycles. The molecule has 23 heavy (non-hydrogen) atoms. The number of alkyl halides is 3. The average molecular weight is 329 g/mol. The smallest absolute Gasteiger partial charge is 0.391 e. The van der Waals surface area contributed by atoms with Crippen LogP contribution in [0.1, 0.15) is 36.8 Å². The molecular weight excluding hydrogens is 307 g/mol. The minimum Gasteiger partial charge on any atom is -0.483 e. The minimum atomic E-state index is -4.18. The summed E-state index contributed by atoms with van der Waals surface area (Å²) in [5.41, 5.74) is 2.01. The Hall–Kier alpha value is -1.72. The SMILES string of the molecule is Cc1cccc(OCC(=O)N[C@H]2CCC[C@@H](C(F)(F)F)C2)c1C. The molecule has 0 bridgehead atoms. The van der Waals surface area contributed by atoms with Gasteiger partial charge < -0.3 is 10.1 Å². The maximum absolute atomic E-state index is 12.8. The van der Waals surface area contributed by atoms with Crippen molar-refractivity contribution in [2.45, 2.75) is 51.7 Å². The first-order valence-corrected chi connectivity index (χ1v) is 7.82. The van der Waals surface area contributed by atoms with Gasteiger partial charge in [-0.05, 0) is 50.3 Å². The van der Waals surface area contributed by atoms with Gasteiger partial charge in [0.05, 0.1) is 5.92 Å². The zero-order valence-electron chi connectivity index (χ0n) is 13.4. The topological polar surface area (TPSA) is 38.3 Å². The molecule has 2 atom stereocenters. The van der Waals surface area contributed by atoms with Gasteiger partial charge in [-0.25, -0.2) is 0 Å². The summed E-state index contributed by atoms with van der Waals surface area (Å²) in [7, 11) is 0. The molecule has 0 aromatic heterocycles. The lowest BCUT2D eigenvalue weighted by molar-refractivity contribution is -0.184. The Morgan fingerprint density at radius 3 is 2.74 bits per heavy atom. The predicted molar refractivity (Wildman–Crippen MR) is 81.4 cm³/mol. The highest BCUT2D eigenvalue weighted by molar-refractivity contribution is 5.77. The summed E-state index contributed by atoms with van der Waals surface area (Å²) in [6, 6.07) is 5.13. The fourth-order valence-corrected chi connectivity index (χ4v) is 2.91. The lowest BCUT2D eigenvalue weighted by atomic mass is 9.85. The average Bonchev–Trinajstić information content (AvgIpc) is 2.48. The highest BCUT2D eigenvalue weighted by Gasteiger charge is 2.42. The maximum atomic E-state index is 12.8. The zero-order chi connectivity index (χ0) is 17.0. The third-order valence-electron chi connectivity index (χ3n) is 4.42. The van der Waals surface area contributed by atoms with Crippen LogP contribution in [0.4, 0.5) is 13.2 Å². The quantitative estimate of drug-likeness (QED) is 0.909. The summed E-state index contributed by atoms with van der Waals surface area (Å²) in [4.78, 5) is 11.9. The number of halogens is 3. The first-order chi connectivity index (χ1) is 10.8. The zero-order valence-corrected chi connectivity index (χ0v) is 13.4. The van der Waals surface area contributed by atoms with Gasteiger partial charge in [-0.3, -0.25) is 4.79 Å². The number of hydrogen-bond donors (Lipinski definition) is 1. The molecule has 0 spiro atoms. The molecule has 0 radical (unpaired) electrons. The second-order valence-corrected chi connectivity index (χ2v) is 6.16. The second kappa shape index (κ2) is 7.23. The normalized spacial score (nSPS) is 21.8. The summed E-state index contributed by atoms with van der Waals surface area (Å²) >= 11 is 0. The first-order valence-electron chi connectivity index (χ1n) is 7.82. The van der Waals surface area contributed by atoms with Gasteiger partial charge in [-0.1, -0.05) is 18.6 Å². The first kappa shape index (κ1) is 17.6. The Morgan fingerprint density at radius 2 is 2.04 bits per heavy atom. The van der Waals surface area contributed by atoms with Crippen molar-refractivity contribution in [3.63, 3.8) is 0 Å². The third-order valence-corrected chi connectivity index (χ3v) is 4.42. The fourth-order valence-electron chi connectivity index (χ4n) is 2.91. The van der Waals surface area contributed by atoms with Crippen LogP contribution < -0.4 is 10.1 Å². The van der Waals surface area contributed by atoms with Crippen LogP contribution in [-0.4, -0.2) is 24.7 Å². The van der Waals surface area contributed by atoms with Gasteiger partial charge in [0.2, 0.25) is 0 Å². The second-order valence-electron chi connectivity index (χ2n) is 6.16. The van der Waals surface area contributed by atoms with Gasteiger partial charge in [-0.2, -0.15) is 13.2 Å². The molecule has 6 heteroatoms. The van der Waals surface area contributed by atoms with Crippen molar-refractivity contribution in [2.24, 2.45) is 5.92 Å². The minimum absolute atomic E-state index is 0.0429. The van der Waals surface area contributed by atoms with Gasteiger partial charge in [0.25, 0.3) is 5.91 Å². The van der Waals surface area contributed by atoms with E-state index in [2.05, 4.69) is 5.32 Å². The molecule has 1 saturated carbocycles. The van der Waals surface area contributed by atoms with Crippen LogP contribution >= 0.6 is 0 Å². The van der Waals surface area contributed by atoms with Gasteiger partial charge in [0.15, 0.2) is 6.61 Å². The van der Waals surface area contributed by atoms with Crippen molar-refractivity contribution in [1.29, 1.82) is 0 Å². The van der Waals surface area contributed by atoms with Crippen LogP contribution in [0.5, 0.6) is 5.75 Å². The molecule has 128 valence electrons. The molecule has 1 aliphatic carbocycles. The van der Waals surface area contributed by atoms with E-state index in [1.54, 1.807) is 6.07 Å². The fraction of sp³-hybridized carbons (Fsp3) is 0.588. The highest BCUT2D eigenvalue weighted by atomic mass is 19.4. The van der Waals surface area contributed by atoms with E-state index in [0.29, 0.717) is 18.6 Å². The molecule has 0 heterocycles. The Bertz CT molecular complexity index is 557. The molecule has 0 unspecified atom stereocenters. The number of ether oxygens (including phenoxy) is 1. The van der Waals surface area contributed by atoms with E-state index in [4.69, 9.17) is 4.74 Å². The number of carbonyl (C=O) groups is 1. The molecule has 0 aliphatic heterocycles. The Morgan fingerprint density at radius 1 is 1.30 bits per heavy atom. The highest BCUT2D eigenvalue weighted by Crippen LogP contribution is 2.37. The lowest BCUT2D eigenvalue weighted by Gasteiger charge is -2.31. The Kier molecular flexibility index (Phi) is 5.55. The van der Waals surface area contributed by atoms with Gasteiger partial charge in [0, 0.05) is 6.04 Å². The van der Waals surface area contributed by atoms with Crippen molar-refractivity contribution >= 4 is 5.91 Å². The summed E-state index contributed by atoms with van der Waals surface area (Å²) < 4.78 is 43.8. The molecular formula is C17H22F3NO2. The van der Waals surface area contributed by atoms with Crippen LogP contribution in [0.25, 0.3) is 0 Å². The largest absolute Gasteiger partial charge is 0.483 e. The van der Waals surface area contributed by atoms with Crippen LogP contribution in [0, 0.1) is 19.8 Å². The molecule has 1 fully saturated rings. The summed E-state index contributed by atoms with van der Waals surface area (Å²) in [5, 5.41) is 2.66. The molecule has 1 N–H and O–H groups in total. The van der Waals surface area contributed by atoms with Crippen LogP contribution in [0.3, 0.4) is 0 Å². The summed E-state index contributed by atoms with van der Waals surface area (Å²) in [5.74, 6) is -1.07. The van der Waals surface area contributed by atoms with Crippen molar-refractivity contribution in [3.05, 3.63) is 29.3 Å². The molecule has 1 aromatic carbocycles. The number of rotatable bonds is 4. The van der Waals surface area contributed by atoms with Gasteiger partial charge in [-0.15, -0.1) is 0 Å². The molecule has 3 nitrogen and oxygen atoms in total. The van der Waals surface area contributed by atoms with Crippen molar-refractivity contribution in [1.82, 2.24) is 5.32 Å². The van der Waals surface area contributed by atoms with E-state index in [1.165, 1.54) is 0 Å². The molecule has 2 rings (SSSR count). The number of nitrogens with one attached hydrogen (secondary N) is 1. The third kappa shape index (κ3) is 4.88. The van der Waals surface area contributed by atoms with Crippen LogP contribution in [-0.2, 0) is 4.79 Å². The standard InChI is InChI=1S/C17H22F3NO2/c1-11-5-3-8-15(12(11)2)23-10-16(22)21-14-7-4-6-13(9-14)17(18,19)20/h3,5,8,13-14H,4,6-7,9-10H2,1-2H3,(H,21,22)/t13-,14+/m1/s1. The van der Waals surface area contributed by atoms with E-state index >= 15 is 0 Å². The molecule has 1 amide bonds. The number of aryl methyl sites for hydroxylation is 1. The van der Waals surface area contributed by atoms with Crippen molar-refractivity contribution < 1.29 is 22.7 Å². The van der Waals surface area contributed by atoms with E-state index < -0.39 is 18.1 Å². The maximum Gasteiger partial charge on any atom is 0.391 e.